The molecule has 0 saturated carbocycles. The Bertz CT molecular complexity index is 294. The van der Waals surface area contributed by atoms with Crippen LogP contribution in [0, 0.1) is 0 Å². The molecule has 4 heteroatoms. The molecule has 0 aliphatic heterocycles. The third-order valence-corrected chi connectivity index (χ3v) is 1.51. The molecule has 0 aliphatic carbocycles. The quantitative estimate of drug-likeness (QED) is 0.322. The van der Waals surface area contributed by atoms with Gasteiger partial charge in [-0.05, 0) is 0 Å². The largest absolute Gasteiger partial charge is 0.291 e. The topological polar surface area (TPSA) is 63.6 Å². The van der Waals surface area contributed by atoms with Crippen molar-refractivity contribution in [2.45, 2.75) is 6.10 Å². The molecule has 0 spiro atoms. The number of hydrogen-bond donors (Lipinski definition) is 1. The molecule has 0 bridgehead atoms. The minimum Gasteiger partial charge on any atom is -0.291 e. The molecule has 0 amide bonds. The zero-order chi connectivity index (χ0) is 9.68. The van der Waals surface area contributed by atoms with E-state index in [9.17, 15) is 9.59 Å². The Balaban J connectivity index is 2.84. The fraction of sp³-hybridized carbons (Fsp3) is 0.111. The van der Waals surface area contributed by atoms with E-state index in [0.29, 0.717) is 5.56 Å². The number of ketones is 1. The molecule has 1 aromatic rings. The van der Waals surface area contributed by atoms with Gasteiger partial charge in [-0.25, -0.2) is 4.89 Å². The van der Waals surface area contributed by atoms with Crippen LogP contribution < -0.4 is 0 Å². The standard InChI is InChI=1S/C9H7O4/c10-6-8(13-12)9(11)7-4-2-1-3-5-7/h1-5,8,12H. The van der Waals surface area contributed by atoms with Crippen LogP contribution in [0.3, 0.4) is 0 Å². The summed E-state index contributed by atoms with van der Waals surface area (Å²) in [6.07, 6.45) is -0.275. The van der Waals surface area contributed by atoms with Crippen LogP contribution >= 0.6 is 0 Å². The van der Waals surface area contributed by atoms with Crippen molar-refractivity contribution in [1.29, 1.82) is 0 Å². The molecule has 1 N–H and O–H groups in total. The van der Waals surface area contributed by atoms with E-state index in [1.807, 2.05) is 0 Å². The van der Waals surface area contributed by atoms with Crippen molar-refractivity contribution >= 4 is 12.1 Å². The van der Waals surface area contributed by atoms with E-state index < -0.39 is 11.9 Å². The molecule has 13 heavy (non-hydrogen) atoms. The molecule has 0 heterocycles. The van der Waals surface area contributed by atoms with Crippen LogP contribution in [0.5, 0.6) is 0 Å². The predicted molar refractivity (Wildman–Crippen MR) is 44.0 cm³/mol. The van der Waals surface area contributed by atoms with Gasteiger partial charge in [0.15, 0.2) is 0 Å². The first-order valence-electron chi connectivity index (χ1n) is 3.56. The second-order valence-electron chi connectivity index (χ2n) is 2.33. The molecule has 1 rings (SSSR count). The minimum absolute atomic E-state index is 0.296. The molecular formula is C9H7O4. The summed E-state index contributed by atoms with van der Waals surface area (Å²) < 4.78 is 0. The van der Waals surface area contributed by atoms with Crippen molar-refractivity contribution in [2.75, 3.05) is 0 Å². The van der Waals surface area contributed by atoms with Crippen LogP contribution in [0.2, 0.25) is 0 Å². The first kappa shape index (κ1) is 9.57. The highest BCUT2D eigenvalue weighted by atomic mass is 17.1. The summed E-state index contributed by atoms with van der Waals surface area (Å²) in [7, 11) is 0. The second kappa shape index (κ2) is 4.49. The summed E-state index contributed by atoms with van der Waals surface area (Å²) in [4.78, 5) is 25.0. The Morgan fingerprint density at radius 2 is 2.00 bits per heavy atom. The van der Waals surface area contributed by atoms with Crippen molar-refractivity contribution in [3.05, 3.63) is 35.9 Å². The zero-order valence-electron chi connectivity index (χ0n) is 6.64. The smallest absolute Gasteiger partial charge is 0.241 e. The van der Waals surface area contributed by atoms with Gasteiger partial charge >= 0.3 is 0 Å². The second-order valence-corrected chi connectivity index (χ2v) is 2.33. The third kappa shape index (κ3) is 2.21. The summed E-state index contributed by atoms with van der Waals surface area (Å²) in [6.45, 7) is 0. The Morgan fingerprint density at radius 1 is 1.38 bits per heavy atom. The average molecular weight is 179 g/mol. The number of Topliss-reactive ketones (excluding diaryl/α,β-unsaturated/α-hetero) is 1. The van der Waals surface area contributed by atoms with Crippen molar-refractivity contribution in [3.8, 4) is 0 Å². The number of carbonyl (C=O) groups excluding carboxylic acids is 2. The van der Waals surface area contributed by atoms with Gasteiger partial charge in [-0.15, -0.1) is 0 Å². The van der Waals surface area contributed by atoms with Gasteiger partial charge in [0.2, 0.25) is 18.2 Å². The lowest BCUT2D eigenvalue weighted by Gasteiger charge is -2.03. The fourth-order valence-electron chi connectivity index (χ4n) is 0.877. The van der Waals surface area contributed by atoms with Gasteiger partial charge in [-0.2, -0.15) is 0 Å². The number of hydrogen-bond acceptors (Lipinski definition) is 4. The lowest BCUT2D eigenvalue weighted by atomic mass is 10.1. The van der Waals surface area contributed by atoms with E-state index in [-0.39, 0.29) is 0 Å². The van der Waals surface area contributed by atoms with Crippen molar-refractivity contribution in [1.82, 2.24) is 0 Å². The van der Waals surface area contributed by atoms with Crippen molar-refractivity contribution in [2.24, 2.45) is 0 Å². The molecule has 1 aromatic carbocycles. The Hall–Kier alpha value is -1.52. The summed E-state index contributed by atoms with van der Waals surface area (Å²) >= 11 is 0. The van der Waals surface area contributed by atoms with Crippen molar-refractivity contribution < 1.29 is 19.7 Å². The van der Waals surface area contributed by atoms with E-state index in [2.05, 4.69) is 4.89 Å². The Morgan fingerprint density at radius 3 is 2.46 bits per heavy atom. The highest BCUT2D eigenvalue weighted by Crippen LogP contribution is 2.03. The highest BCUT2D eigenvalue weighted by Gasteiger charge is 2.20. The summed E-state index contributed by atoms with van der Waals surface area (Å²) in [5, 5.41) is 8.17. The summed E-state index contributed by atoms with van der Waals surface area (Å²) in [5.41, 5.74) is 0.296. The molecular weight excluding hydrogens is 172 g/mol. The monoisotopic (exact) mass is 179 g/mol. The molecule has 1 unspecified atom stereocenters. The van der Waals surface area contributed by atoms with Gasteiger partial charge in [-0.3, -0.25) is 14.8 Å². The first-order valence-corrected chi connectivity index (χ1v) is 3.56. The van der Waals surface area contributed by atoms with E-state index in [1.54, 1.807) is 18.2 Å². The zero-order valence-corrected chi connectivity index (χ0v) is 6.64. The van der Waals surface area contributed by atoms with Gasteiger partial charge in [0.1, 0.15) is 0 Å². The van der Waals surface area contributed by atoms with Gasteiger partial charge in [0.25, 0.3) is 0 Å². The summed E-state index contributed by atoms with van der Waals surface area (Å²) in [5.74, 6) is -0.613. The first-order chi connectivity index (χ1) is 6.29. The molecule has 0 aliphatic rings. The van der Waals surface area contributed by atoms with Crippen LogP contribution in [0.4, 0.5) is 0 Å². The maximum Gasteiger partial charge on any atom is 0.241 e. The fourth-order valence-corrected chi connectivity index (χ4v) is 0.877. The van der Waals surface area contributed by atoms with Gasteiger partial charge in [-0.1, -0.05) is 30.3 Å². The van der Waals surface area contributed by atoms with E-state index in [1.165, 1.54) is 18.4 Å². The van der Waals surface area contributed by atoms with Crippen LogP contribution in [0.15, 0.2) is 30.3 Å². The lowest BCUT2D eigenvalue weighted by Crippen LogP contribution is -2.24. The SMILES string of the molecule is O=[C]C(OO)C(=O)c1ccccc1. The molecule has 0 fully saturated rings. The van der Waals surface area contributed by atoms with Crippen LogP contribution in [0.25, 0.3) is 0 Å². The molecule has 1 atom stereocenters. The minimum atomic E-state index is -1.55. The van der Waals surface area contributed by atoms with Crippen LogP contribution in [0.1, 0.15) is 10.4 Å². The normalized spacial score (nSPS) is 12.1. The summed E-state index contributed by atoms with van der Waals surface area (Å²) in [6, 6.07) is 8.06. The maximum absolute atomic E-state index is 11.3. The number of benzene rings is 1. The number of carbonyl (C=O) groups is 1. The van der Waals surface area contributed by atoms with Crippen LogP contribution in [-0.2, 0) is 9.68 Å². The Labute approximate surface area is 74.7 Å². The maximum atomic E-state index is 11.3. The molecule has 1 radical (unpaired) electrons. The van der Waals surface area contributed by atoms with Gasteiger partial charge in [0.05, 0.1) is 0 Å². The highest BCUT2D eigenvalue weighted by molar-refractivity contribution is 6.07. The van der Waals surface area contributed by atoms with Crippen molar-refractivity contribution in [3.63, 3.8) is 0 Å². The predicted octanol–water partition coefficient (Wildman–Crippen LogP) is 0.837. The molecule has 0 saturated heterocycles. The van der Waals surface area contributed by atoms with E-state index >= 15 is 0 Å². The van der Waals surface area contributed by atoms with E-state index in [4.69, 9.17) is 5.26 Å². The number of rotatable bonds is 4. The van der Waals surface area contributed by atoms with Gasteiger partial charge in [0, 0.05) is 5.56 Å². The average Bonchev–Trinajstić information content (AvgIpc) is 2.21. The molecule has 0 aromatic heterocycles. The third-order valence-electron chi connectivity index (χ3n) is 1.51. The van der Waals surface area contributed by atoms with Crippen LogP contribution in [-0.4, -0.2) is 23.4 Å². The molecule has 4 nitrogen and oxygen atoms in total. The van der Waals surface area contributed by atoms with Gasteiger partial charge < -0.3 is 0 Å². The Kier molecular flexibility index (Phi) is 3.31. The lowest BCUT2D eigenvalue weighted by molar-refractivity contribution is -0.247. The molecule has 67 valence electrons. The van der Waals surface area contributed by atoms with E-state index in [0.717, 1.165) is 0 Å².